The van der Waals surface area contributed by atoms with Gasteiger partial charge in [0.05, 0.1) is 12.0 Å². The molecule has 0 aromatic heterocycles. The number of hydrogen-bond donors (Lipinski definition) is 0. The van der Waals surface area contributed by atoms with Crippen LogP contribution in [0.1, 0.15) is 38.2 Å². The highest BCUT2D eigenvalue weighted by Gasteiger charge is 2.19. The van der Waals surface area contributed by atoms with E-state index in [0.717, 1.165) is 18.4 Å². The van der Waals surface area contributed by atoms with Gasteiger partial charge >= 0.3 is 0 Å². The molecule has 80 valence electrons. The van der Waals surface area contributed by atoms with Crippen molar-refractivity contribution in [1.29, 1.82) is 5.26 Å². The molecule has 0 radical (unpaired) electrons. The minimum absolute atomic E-state index is 0.111. The maximum absolute atomic E-state index is 12.7. The van der Waals surface area contributed by atoms with Crippen LogP contribution in [0.5, 0.6) is 0 Å². The number of nitrogens with zero attached hydrogens (tertiary/aromatic N) is 1. The molecule has 1 rings (SSSR count). The lowest BCUT2D eigenvalue weighted by atomic mass is 9.84. The summed E-state index contributed by atoms with van der Waals surface area (Å²) >= 11 is 0. The molecule has 1 nitrogen and oxygen atoms in total. The summed E-state index contributed by atoms with van der Waals surface area (Å²) in [5.41, 5.74) is 0.924. The van der Waals surface area contributed by atoms with Crippen molar-refractivity contribution in [2.45, 2.75) is 32.6 Å². The number of nitriles is 1. The van der Waals surface area contributed by atoms with E-state index in [4.69, 9.17) is 5.26 Å². The zero-order valence-corrected chi connectivity index (χ0v) is 9.20. The van der Waals surface area contributed by atoms with Crippen molar-refractivity contribution in [3.05, 3.63) is 35.6 Å². The van der Waals surface area contributed by atoms with Gasteiger partial charge in [0.15, 0.2) is 0 Å². The summed E-state index contributed by atoms with van der Waals surface area (Å²) in [5.74, 6) is 0.000970. The van der Waals surface area contributed by atoms with Gasteiger partial charge in [-0.3, -0.25) is 0 Å². The normalized spacial score (nSPS) is 12.5. The highest BCUT2D eigenvalue weighted by Crippen LogP contribution is 2.28. The topological polar surface area (TPSA) is 23.8 Å². The molecule has 0 saturated heterocycles. The SMILES string of the molecule is CCC(CC)C(C#N)c1ccc(F)cc1. The second-order valence-electron chi connectivity index (χ2n) is 3.73. The predicted octanol–water partition coefficient (Wildman–Crippen LogP) is 3.87. The summed E-state index contributed by atoms with van der Waals surface area (Å²) in [6.45, 7) is 4.17. The van der Waals surface area contributed by atoms with Gasteiger partial charge in [0.25, 0.3) is 0 Å². The Labute approximate surface area is 90.5 Å². The zero-order valence-electron chi connectivity index (χ0n) is 9.20. The molecular weight excluding hydrogens is 189 g/mol. The number of hydrogen-bond acceptors (Lipinski definition) is 1. The maximum Gasteiger partial charge on any atom is 0.123 e. The lowest BCUT2D eigenvalue weighted by molar-refractivity contribution is 0.452. The van der Waals surface area contributed by atoms with Crippen molar-refractivity contribution in [3.8, 4) is 6.07 Å². The van der Waals surface area contributed by atoms with Gasteiger partial charge in [-0.1, -0.05) is 38.8 Å². The van der Waals surface area contributed by atoms with Crippen molar-refractivity contribution in [3.63, 3.8) is 0 Å². The van der Waals surface area contributed by atoms with E-state index in [-0.39, 0.29) is 11.7 Å². The molecule has 0 amide bonds. The Balaban J connectivity index is 2.92. The first kappa shape index (κ1) is 11.7. The third-order valence-electron chi connectivity index (χ3n) is 2.89. The number of halogens is 1. The van der Waals surface area contributed by atoms with Crippen molar-refractivity contribution in [2.75, 3.05) is 0 Å². The summed E-state index contributed by atoms with van der Waals surface area (Å²) in [4.78, 5) is 0. The van der Waals surface area contributed by atoms with Crippen LogP contribution in [0.25, 0.3) is 0 Å². The molecule has 0 aliphatic rings. The van der Waals surface area contributed by atoms with Crippen LogP contribution in [0.15, 0.2) is 24.3 Å². The van der Waals surface area contributed by atoms with Gasteiger partial charge in [-0.05, 0) is 23.6 Å². The summed E-state index contributed by atoms with van der Waals surface area (Å²) in [7, 11) is 0. The van der Waals surface area contributed by atoms with E-state index in [1.54, 1.807) is 12.1 Å². The Morgan fingerprint density at radius 3 is 2.13 bits per heavy atom. The van der Waals surface area contributed by atoms with Gasteiger partial charge in [0, 0.05) is 0 Å². The van der Waals surface area contributed by atoms with Gasteiger partial charge < -0.3 is 0 Å². The van der Waals surface area contributed by atoms with Crippen LogP contribution in [-0.4, -0.2) is 0 Å². The van der Waals surface area contributed by atoms with Gasteiger partial charge in [-0.25, -0.2) is 4.39 Å². The minimum Gasteiger partial charge on any atom is -0.207 e. The molecule has 1 aromatic carbocycles. The van der Waals surface area contributed by atoms with Crippen LogP contribution in [-0.2, 0) is 0 Å². The van der Waals surface area contributed by atoms with Gasteiger partial charge in [0.2, 0.25) is 0 Å². The van der Waals surface area contributed by atoms with Gasteiger partial charge in [-0.2, -0.15) is 5.26 Å². The third kappa shape index (κ3) is 2.79. The van der Waals surface area contributed by atoms with E-state index < -0.39 is 0 Å². The quantitative estimate of drug-likeness (QED) is 0.732. The van der Waals surface area contributed by atoms with Gasteiger partial charge in [0.1, 0.15) is 5.82 Å². The molecular formula is C13H16FN. The van der Waals surface area contributed by atoms with Crippen molar-refractivity contribution >= 4 is 0 Å². The molecule has 0 aliphatic heterocycles. The Kier molecular flexibility index (Phi) is 4.30. The summed E-state index contributed by atoms with van der Waals surface area (Å²) in [5, 5.41) is 9.14. The van der Waals surface area contributed by atoms with E-state index in [2.05, 4.69) is 19.9 Å². The maximum atomic E-state index is 12.7. The predicted molar refractivity (Wildman–Crippen MR) is 58.8 cm³/mol. The molecule has 0 spiro atoms. The fourth-order valence-corrected chi connectivity index (χ4v) is 1.88. The summed E-state index contributed by atoms with van der Waals surface area (Å²) in [6.07, 6.45) is 1.96. The summed E-state index contributed by atoms with van der Waals surface area (Å²) in [6, 6.07) is 8.57. The van der Waals surface area contributed by atoms with Crippen molar-refractivity contribution < 1.29 is 4.39 Å². The Bertz CT molecular complexity index is 333. The van der Waals surface area contributed by atoms with E-state index in [1.165, 1.54) is 12.1 Å². The van der Waals surface area contributed by atoms with Gasteiger partial charge in [-0.15, -0.1) is 0 Å². The largest absolute Gasteiger partial charge is 0.207 e. The van der Waals surface area contributed by atoms with Crippen LogP contribution in [0, 0.1) is 23.1 Å². The molecule has 1 atom stereocenters. The molecule has 1 aromatic rings. The molecule has 0 aliphatic carbocycles. The highest BCUT2D eigenvalue weighted by molar-refractivity contribution is 5.26. The average molecular weight is 205 g/mol. The number of rotatable bonds is 4. The lowest BCUT2D eigenvalue weighted by Gasteiger charge is -2.18. The zero-order chi connectivity index (χ0) is 11.3. The Morgan fingerprint density at radius 1 is 1.20 bits per heavy atom. The lowest BCUT2D eigenvalue weighted by Crippen LogP contribution is -2.09. The van der Waals surface area contributed by atoms with E-state index in [9.17, 15) is 4.39 Å². The van der Waals surface area contributed by atoms with Crippen LogP contribution < -0.4 is 0 Å². The second kappa shape index (κ2) is 5.50. The first-order valence-electron chi connectivity index (χ1n) is 5.38. The second-order valence-corrected chi connectivity index (χ2v) is 3.73. The molecule has 15 heavy (non-hydrogen) atoms. The Hall–Kier alpha value is -1.36. The van der Waals surface area contributed by atoms with Crippen LogP contribution in [0.4, 0.5) is 4.39 Å². The molecule has 0 heterocycles. The highest BCUT2D eigenvalue weighted by atomic mass is 19.1. The molecule has 2 heteroatoms. The third-order valence-corrected chi connectivity index (χ3v) is 2.89. The fraction of sp³-hybridized carbons (Fsp3) is 0.462. The molecule has 0 N–H and O–H groups in total. The van der Waals surface area contributed by atoms with Crippen molar-refractivity contribution in [1.82, 2.24) is 0 Å². The van der Waals surface area contributed by atoms with Crippen LogP contribution >= 0.6 is 0 Å². The summed E-state index contributed by atoms with van der Waals surface area (Å²) < 4.78 is 12.7. The first-order chi connectivity index (χ1) is 7.22. The molecule has 0 bridgehead atoms. The molecule has 0 fully saturated rings. The van der Waals surface area contributed by atoms with E-state index in [1.807, 2.05) is 0 Å². The smallest absolute Gasteiger partial charge is 0.123 e. The Morgan fingerprint density at radius 2 is 1.73 bits per heavy atom. The van der Waals surface area contributed by atoms with E-state index in [0.29, 0.717) is 5.92 Å². The molecule has 1 unspecified atom stereocenters. The standard InChI is InChI=1S/C13H16FN/c1-3-10(4-2)13(9-15)11-5-7-12(14)8-6-11/h5-8,10,13H,3-4H2,1-2H3. The number of benzene rings is 1. The van der Waals surface area contributed by atoms with E-state index >= 15 is 0 Å². The van der Waals surface area contributed by atoms with Crippen LogP contribution in [0.3, 0.4) is 0 Å². The average Bonchev–Trinajstić information content (AvgIpc) is 2.27. The monoisotopic (exact) mass is 205 g/mol. The van der Waals surface area contributed by atoms with Crippen molar-refractivity contribution in [2.24, 2.45) is 5.92 Å². The fourth-order valence-electron chi connectivity index (χ4n) is 1.88. The minimum atomic E-state index is -0.250. The first-order valence-corrected chi connectivity index (χ1v) is 5.38. The molecule has 0 saturated carbocycles. The van der Waals surface area contributed by atoms with Crippen LogP contribution in [0.2, 0.25) is 0 Å².